The van der Waals surface area contributed by atoms with Crippen LogP contribution in [0.3, 0.4) is 0 Å². The molecule has 0 saturated carbocycles. The first-order valence-electron chi connectivity index (χ1n) is 19.5. The molecule has 0 aliphatic carbocycles. The van der Waals surface area contributed by atoms with Gasteiger partial charge in [0.05, 0.1) is 155 Å². The Kier molecular flexibility index (Phi) is 19.0. The molecule has 0 bridgehead atoms. The lowest BCUT2D eigenvalue weighted by Gasteiger charge is -2.31. The fraction of sp³-hybridized carbons (Fsp3) is 0.625. The van der Waals surface area contributed by atoms with Gasteiger partial charge in [-0.3, -0.25) is 4.79 Å². The molecule has 0 amide bonds. The Morgan fingerprint density at radius 1 is 0.684 bits per heavy atom. The molecule has 17 heteroatoms. The minimum Gasteiger partial charge on any atom is -0.491 e. The molecule has 2 N–H and O–H groups in total. The van der Waals surface area contributed by atoms with Gasteiger partial charge in [0, 0.05) is 16.5 Å². The number of nitrogens with zero attached hydrogens (tertiary/aromatic N) is 2. The predicted molar refractivity (Wildman–Crippen MR) is 204 cm³/mol. The van der Waals surface area contributed by atoms with Crippen molar-refractivity contribution in [2.75, 3.05) is 132 Å². The lowest BCUT2D eigenvalue weighted by atomic mass is 9.86. The zero-order valence-electron chi connectivity index (χ0n) is 32.7. The molecule has 0 radical (unpaired) electrons. The van der Waals surface area contributed by atoms with Gasteiger partial charge in [-0.15, -0.1) is 0 Å². The second-order valence-corrected chi connectivity index (χ2v) is 13.0. The summed E-state index contributed by atoms with van der Waals surface area (Å²) in [5.74, 6) is -0.0713. The predicted octanol–water partition coefficient (Wildman–Crippen LogP) is 1.60. The van der Waals surface area contributed by atoms with Gasteiger partial charge in [0.1, 0.15) is 19.0 Å². The highest BCUT2D eigenvalue weighted by Crippen LogP contribution is 2.38. The molecule has 316 valence electrons. The van der Waals surface area contributed by atoms with Crippen molar-refractivity contribution >= 4 is 16.9 Å². The number of hydrogen-bond donors (Lipinski definition) is 2. The zero-order valence-corrected chi connectivity index (χ0v) is 32.7. The number of aliphatic hydroxyl groups excluding tert-OH is 1. The average molecular weight is 805 g/mol. The number of carbonyl (C=O) groups excluding carboxylic acids is 1. The van der Waals surface area contributed by atoms with E-state index in [1.807, 2.05) is 24.3 Å². The van der Waals surface area contributed by atoms with Crippen molar-refractivity contribution in [3.05, 3.63) is 57.4 Å². The first-order chi connectivity index (χ1) is 28.0. The van der Waals surface area contributed by atoms with Crippen LogP contribution >= 0.6 is 0 Å². The number of rotatable bonds is 31. The molecule has 5 rings (SSSR count). The van der Waals surface area contributed by atoms with Gasteiger partial charge in [-0.1, -0.05) is 6.92 Å². The third-order valence-electron chi connectivity index (χ3n) is 9.19. The van der Waals surface area contributed by atoms with E-state index < -0.39 is 11.6 Å². The third-order valence-corrected chi connectivity index (χ3v) is 9.19. The summed E-state index contributed by atoms with van der Waals surface area (Å²) in [7, 11) is 0. The molecule has 1 atom stereocenters. The van der Waals surface area contributed by atoms with E-state index in [0.717, 1.165) is 16.5 Å². The second-order valence-electron chi connectivity index (χ2n) is 13.0. The van der Waals surface area contributed by atoms with Gasteiger partial charge in [-0.25, -0.2) is 9.78 Å². The molecule has 17 nitrogen and oxygen atoms in total. The van der Waals surface area contributed by atoms with Crippen molar-refractivity contribution in [2.24, 2.45) is 0 Å². The summed E-state index contributed by atoms with van der Waals surface area (Å²) in [4.78, 5) is 30.6. The van der Waals surface area contributed by atoms with Gasteiger partial charge in [-0.05, 0) is 36.8 Å². The van der Waals surface area contributed by atoms with E-state index in [1.54, 1.807) is 17.6 Å². The highest BCUT2D eigenvalue weighted by Gasteiger charge is 2.45. The van der Waals surface area contributed by atoms with E-state index in [0.29, 0.717) is 160 Å². The van der Waals surface area contributed by atoms with Crippen LogP contribution in [0.4, 0.5) is 0 Å². The van der Waals surface area contributed by atoms with Crippen LogP contribution < -0.4 is 10.3 Å². The molecule has 4 heterocycles. The minimum atomic E-state index is -1.86. The summed E-state index contributed by atoms with van der Waals surface area (Å²) < 4.78 is 61.7. The fourth-order valence-electron chi connectivity index (χ4n) is 6.20. The van der Waals surface area contributed by atoms with E-state index in [-0.39, 0.29) is 25.2 Å². The number of ether oxygens (including phenoxy) is 11. The smallest absolute Gasteiger partial charge is 0.343 e. The van der Waals surface area contributed by atoms with Gasteiger partial charge in [0.2, 0.25) is 0 Å². The van der Waals surface area contributed by atoms with Crippen LogP contribution in [0.15, 0.2) is 35.1 Å². The standard InChI is InChI=1S/C40H56N2O15/c1-2-40(46)34-27-36-37-31(28-42(36)38(44)33(34)29-57-39(40)45)25-30-26-32(3-4-35(30)41-37)56-24-23-55-22-21-54-20-19-53-18-17-52-16-15-51-14-13-50-12-11-49-10-9-48-8-7-47-6-5-43/h3-4,25-27,43,46H,2,5-24,28-29H2,1H3/t40-/m0/s1. The number of benzene rings is 1. The van der Waals surface area contributed by atoms with E-state index >= 15 is 0 Å². The summed E-state index contributed by atoms with van der Waals surface area (Å²) >= 11 is 0. The topological polar surface area (TPSA) is 194 Å². The number of fused-ring (bicyclic) bond motifs is 5. The zero-order chi connectivity index (χ0) is 40.1. The van der Waals surface area contributed by atoms with Crippen LogP contribution in [0.1, 0.15) is 30.0 Å². The van der Waals surface area contributed by atoms with E-state index in [4.69, 9.17) is 62.2 Å². The van der Waals surface area contributed by atoms with Crippen LogP contribution in [-0.4, -0.2) is 158 Å². The van der Waals surface area contributed by atoms with Gasteiger partial charge in [0.15, 0.2) is 5.60 Å². The summed E-state index contributed by atoms with van der Waals surface area (Å²) in [6, 6.07) is 9.30. The van der Waals surface area contributed by atoms with Crippen molar-refractivity contribution in [3.63, 3.8) is 0 Å². The molecule has 0 saturated heterocycles. The van der Waals surface area contributed by atoms with Crippen LogP contribution in [0.25, 0.3) is 22.3 Å². The van der Waals surface area contributed by atoms with Gasteiger partial charge >= 0.3 is 5.97 Å². The summed E-state index contributed by atoms with van der Waals surface area (Å²) in [6.07, 6.45) is 0.0922. The number of cyclic esters (lactones) is 1. The van der Waals surface area contributed by atoms with Crippen LogP contribution in [-0.2, 0) is 70.9 Å². The largest absolute Gasteiger partial charge is 0.491 e. The molecule has 0 fully saturated rings. The Hall–Kier alpha value is -3.59. The number of carbonyl (C=O) groups is 1. The molecule has 0 unspecified atom stereocenters. The third kappa shape index (κ3) is 13.2. The normalized spacial score (nSPS) is 15.8. The number of pyridine rings is 2. The van der Waals surface area contributed by atoms with Crippen molar-refractivity contribution in [1.29, 1.82) is 0 Å². The molecule has 2 aromatic heterocycles. The number of aliphatic hydroxyl groups is 2. The van der Waals surface area contributed by atoms with Crippen molar-refractivity contribution in [2.45, 2.75) is 32.1 Å². The van der Waals surface area contributed by atoms with Crippen molar-refractivity contribution in [3.8, 4) is 17.1 Å². The Morgan fingerprint density at radius 3 is 1.67 bits per heavy atom. The molecule has 57 heavy (non-hydrogen) atoms. The molecule has 2 aliphatic rings. The van der Waals surface area contributed by atoms with E-state index in [9.17, 15) is 14.7 Å². The average Bonchev–Trinajstić information content (AvgIpc) is 3.58. The monoisotopic (exact) mass is 804 g/mol. The summed E-state index contributed by atoms with van der Waals surface area (Å²) in [5, 5.41) is 20.5. The van der Waals surface area contributed by atoms with E-state index in [1.165, 1.54) is 0 Å². The number of esters is 1. The first kappa shape index (κ1) is 44.5. The highest BCUT2D eigenvalue weighted by atomic mass is 16.6. The van der Waals surface area contributed by atoms with Gasteiger partial charge in [-0.2, -0.15) is 0 Å². The Bertz CT molecular complexity index is 1740. The quantitative estimate of drug-likeness (QED) is 0.0550. The molecule has 1 aromatic carbocycles. The van der Waals surface area contributed by atoms with Crippen LogP contribution in [0, 0.1) is 0 Å². The molecular weight excluding hydrogens is 748 g/mol. The maximum Gasteiger partial charge on any atom is 0.343 e. The lowest BCUT2D eigenvalue weighted by molar-refractivity contribution is -0.172. The minimum absolute atomic E-state index is 0.0148. The van der Waals surface area contributed by atoms with Crippen LogP contribution in [0.2, 0.25) is 0 Å². The lowest BCUT2D eigenvalue weighted by Crippen LogP contribution is -2.44. The first-order valence-corrected chi connectivity index (χ1v) is 19.5. The number of aromatic nitrogens is 2. The highest BCUT2D eigenvalue weighted by molar-refractivity contribution is 5.87. The van der Waals surface area contributed by atoms with Gasteiger partial charge < -0.3 is 66.9 Å². The van der Waals surface area contributed by atoms with E-state index in [2.05, 4.69) is 0 Å². The van der Waals surface area contributed by atoms with Crippen molar-refractivity contribution < 1.29 is 67.1 Å². The second kappa shape index (κ2) is 24.4. The van der Waals surface area contributed by atoms with Crippen LogP contribution in [0.5, 0.6) is 5.75 Å². The summed E-state index contributed by atoms with van der Waals surface area (Å²) in [5.41, 5.74) is 1.27. The molecule has 3 aromatic rings. The molecule has 0 spiro atoms. The fourth-order valence-corrected chi connectivity index (χ4v) is 6.20. The molecular formula is C40H56N2O15. The Balaban J connectivity index is 0.831. The molecule has 2 aliphatic heterocycles. The van der Waals surface area contributed by atoms with Crippen molar-refractivity contribution in [1.82, 2.24) is 9.55 Å². The Labute approximate surface area is 331 Å². The number of hydrogen-bond acceptors (Lipinski definition) is 16. The van der Waals surface area contributed by atoms with Gasteiger partial charge in [0.25, 0.3) is 5.56 Å². The maximum absolute atomic E-state index is 13.4. The SMILES string of the molecule is CC[C@@]1(O)C(=O)OCc2c1cc1n(c2=O)Cc2cc3cc(OCCOCCOCCOCCOCCOCCOCCOCCOCCOCCO)ccc3nc2-1. The Morgan fingerprint density at radius 2 is 1.18 bits per heavy atom. The summed E-state index contributed by atoms with van der Waals surface area (Å²) in [6.45, 7) is 10.5. The maximum atomic E-state index is 13.4.